The smallest absolute Gasteiger partial charge is 0.151 e. The van der Waals surface area contributed by atoms with Crippen molar-refractivity contribution in [2.45, 2.75) is 20.0 Å². The van der Waals surface area contributed by atoms with Crippen LogP contribution in [0.1, 0.15) is 23.0 Å². The Labute approximate surface area is 138 Å². The number of anilines is 1. The summed E-state index contributed by atoms with van der Waals surface area (Å²) >= 11 is 6.28. The lowest BCUT2D eigenvalue weighted by atomic mass is 10.0. The maximum Gasteiger partial charge on any atom is 0.151 e. The van der Waals surface area contributed by atoms with Crippen LogP contribution in [-0.2, 0) is 0 Å². The molecule has 1 atom stereocenters. The van der Waals surface area contributed by atoms with Crippen LogP contribution >= 0.6 is 11.6 Å². The van der Waals surface area contributed by atoms with Crippen molar-refractivity contribution in [3.05, 3.63) is 70.1 Å². The Hall–Kier alpha value is -2.33. The summed E-state index contributed by atoms with van der Waals surface area (Å²) < 4.78 is 16.3. The number of benzene rings is 2. The van der Waals surface area contributed by atoms with Crippen molar-refractivity contribution in [3.63, 3.8) is 0 Å². The van der Waals surface area contributed by atoms with Gasteiger partial charge in [0.1, 0.15) is 5.82 Å². The van der Waals surface area contributed by atoms with Crippen LogP contribution in [0.2, 0.25) is 5.02 Å². The van der Waals surface area contributed by atoms with Crippen LogP contribution in [0.25, 0.3) is 11.3 Å². The van der Waals surface area contributed by atoms with Gasteiger partial charge in [0.05, 0.1) is 22.0 Å². The summed E-state index contributed by atoms with van der Waals surface area (Å²) in [7, 11) is 0. The van der Waals surface area contributed by atoms with Crippen molar-refractivity contribution in [1.29, 1.82) is 0 Å². The van der Waals surface area contributed by atoms with Crippen molar-refractivity contribution in [2.75, 3.05) is 5.32 Å². The van der Waals surface area contributed by atoms with E-state index in [9.17, 15) is 4.39 Å². The van der Waals surface area contributed by atoms with Gasteiger partial charge in [0, 0.05) is 11.3 Å². The molecule has 2 aromatic carbocycles. The molecule has 1 unspecified atom stereocenters. The molecule has 2 heterocycles. The average Bonchev–Trinajstić information content (AvgIpc) is 2.90. The van der Waals surface area contributed by atoms with E-state index in [4.69, 9.17) is 11.6 Å². The van der Waals surface area contributed by atoms with E-state index >= 15 is 0 Å². The molecule has 1 N–H and O–H groups in total. The second-order valence-electron chi connectivity index (χ2n) is 5.80. The highest BCUT2D eigenvalue weighted by molar-refractivity contribution is 6.31. The third-order valence-electron chi connectivity index (χ3n) is 4.21. The Kier molecular flexibility index (Phi) is 3.16. The zero-order valence-corrected chi connectivity index (χ0v) is 13.5. The largest absolute Gasteiger partial charge is 0.359 e. The highest BCUT2D eigenvalue weighted by Gasteiger charge is 2.30. The van der Waals surface area contributed by atoms with E-state index in [-0.39, 0.29) is 5.82 Å². The van der Waals surface area contributed by atoms with Crippen LogP contribution in [0.5, 0.6) is 0 Å². The molecule has 23 heavy (non-hydrogen) atoms. The second kappa shape index (κ2) is 5.10. The van der Waals surface area contributed by atoms with E-state index < -0.39 is 6.17 Å². The summed E-state index contributed by atoms with van der Waals surface area (Å²) in [5.74, 6) is -0.342. The molecule has 0 saturated carbocycles. The third-order valence-corrected chi connectivity index (χ3v) is 4.54. The van der Waals surface area contributed by atoms with Crippen molar-refractivity contribution < 1.29 is 4.39 Å². The Morgan fingerprint density at radius 2 is 1.96 bits per heavy atom. The molecule has 5 heteroatoms. The average molecular weight is 328 g/mol. The monoisotopic (exact) mass is 327 g/mol. The lowest BCUT2D eigenvalue weighted by molar-refractivity contribution is 0.526. The first-order chi connectivity index (χ1) is 11.1. The highest BCUT2D eigenvalue weighted by Crippen LogP contribution is 2.42. The number of para-hydroxylation sites is 1. The lowest BCUT2D eigenvalue weighted by Crippen LogP contribution is -2.27. The summed E-state index contributed by atoms with van der Waals surface area (Å²) in [4.78, 5) is 0. The van der Waals surface area contributed by atoms with Gasteiger partial charge >= 0.3 is 0 Å². The molecular weight excluding hydrogens is 313 g/mol. The molecule has 3 aromatic rings. The lowest BCUT2D eigenvalue weighted by Gasteiger charge is -2.31. The molecule has 1 aromatic heterocycles. The molecule has 1 aliphatic heterocycles. The predicted molar refractivity (Wildman–Crippen MR) is 90.3 cm³/mol. The molecule has 1 aliphatic rings. The number of nitrogens with zero attached hydrogens (tertiary/aromatic N) is 2. The summed E-state index contributed by atoms with van der Waals surface area (Å²) in [6.07, 6.45) is -0.471. The van der Waals surface area contributed by atoms with Crippen LogP contribution in [0.3, 0.4) is 0 Å². The van der Waals surface area contributed by atoms with E-state index in [0.29, 0.717) is 10.6 Å². The van der Waals surface area contributed by atoms with E-state index in [0.717, 1.165) is 28.2 Å². The number of hydrogen-bond acceptors (Lipinski definition) is 2. The minimum atomic E-state index is -0.471. The van der Waals surface area contributed by atoms with E-state index in [1.807, 2.05) is 38.1 Å². The molecule has 0 radical (unpaired) electrons. The Balaban J connectivity index is 1.99. The van der Waals surface area contributed by atoms with Crippen LogP contribution in [-0.4, -0.2) is 9.78 Å². The molecular formula is C18H15ClFN3. The van der Waals surface area contributed by atoms with Crippen LogP contribution in [0, 0.1) is 19.7 Å². The number of nitrogens with one attached hydrogen (secondary N) is 1. The van der Waals surface area contributed by atoms with E-state index in [1.54, 1.807) is 16.8 Å². The van der Waals surface area contributed by atoms with Crippen molar-refractivity contribution in [3.8, 4) is 11.3 Å². The first-order valence-corrected chi connectivity index (χ1v) is 7.80. The van der Waals surface area contributed by atoms with Crippen molar-refractivity contribution >= 4 is 17.3 Å². The summed E-state index contributed by atoms with van der Waals surface area (Å²) in [5, 5.41) is 8.35. The number of aromatic nitrogens is 2. The van der Waals surface area contributed by atoms with Crippen molar-refractivity contribution in [2.24, 2.45) is 0 Å². The summed E-state index contributed by atoms with van der Waals surface area (Å²) in [6.45, 7) is 3.96. The quantitative estimate of drug-likeness (QED) is 0.686. The fourth-order valence-corrected chi connectivity index (χ4v) is 3.42. The number of hydrogen-bond donors (Lipinski definition) is 1. The van der Waals surface area contributed by atoms with Gasteiger partial charge in [-0.05, 0) is 37.6 Å². The number of rotatable bonds is 1. The van der Waals surface area contributed by atoms with Gasteiger partial charge in [-0.3, -0.25) is 0 Å². The highest BCUT2D eigenvalue weighted by atomic mass is 35.5. The van der Waals surface area contributed by atoms with Gasteiger partial charge in [-0.1, -0.05) is 35.9 Å². The van der Waals surface area contributed by atoms with Crippen molar-refractivity contribution in [1.82, 2.24) is 9.78 Å². The molecule has 116 valence electrons. The van der Waals surface area contributed by atoms with Gasteiger partial charge in [-0.25, -0.2) is 9.07 Å². The third kappa shape index (κ3) is 2.13. The fraction of sp³-hybridized carbons (Fsp3) is 0.167. The normalized spacial score (nSPS) is 15.7. The van der Waals surface area contributed by atoms with Gasteiger partial charge in [0.15, 0.2) is 6.17 Å². The first kappa shape index (κ1) is 14.3. The fourth-order valence-electron chi connectivity index (χ4n) is 3.15. The van der Waals surface area contributed by atoms with Gasteiger partial charge in [0.25, 0.3) is 0 Å². The Morgan fingerprint density at radius 3 is 2.74 bits per heavy atom. The summed E-state index contributed by atoms with van der Waals surface area (Å²) in [5.41, 5.74) is 5.41. The zero-order chi connectivity index (χ0) is 16.1. The molecule has 0 spiro atoms. The Morgan fingerprint density at radius 1 is 1.17 bits per heavy atom. The minimum Gasteiger partial charge on any atom is -0.359 e. The van der Waals surface area contributed by atoms with Crippen LogP contribution in [0.4, 0.5) is 10.1 Å². The molecule has 0 fully saturated rings. The molecule has 0 aliphatic carbocycles. The predicted octanol–water partition coefficient (Wildman–Crippen LogP) is 4.93. The number of fused-ring (bicyclic) bond motifs is 3. The molecule has 3 nitrogen and oxygen atoms in total. The van der Waals surface area contributed by atoms with Crippen LogP contribution < -0.4 is 5.32 Å². The SMILES string of the molecule is Cc1cc2n(n1)C(c1c(F)cccc1Cl)Nc1c(C)cccc1-2. The maximum atomic E-state index is 14.4. The summed E-state index contributed by atoms with van der Waals surface area (Å²) in [6, 6.07) is 12.8. The van der Waals surface area contributed by atoms with Gasteiger partial charge < -0.3 is 5.32 Å². The van der Waals surface area contributed by atoms with E-state index in [1.165, 1.54) is 6.07 Å². The van der Waals surface area contributed by atoms with Crippen LogP contribution in [0.15, 0.2) is 42.5 Å². The Bertz CT molecular complexity index is 896. The molecule has 0 bridgehead atoms. The molecule has 0 saturated heterocycles. The zero-order valence-electron chi connectivity index (χ0n) is 12.8. The molecule has 4 rings (SSSR count). The first-order valence-electron chi connectivity index (χ1n) is 7.43. The topological polar surface area (TPSA) is 29.9 Å². The van der Waals surface area contributed by atoms with E-state index in [2.05, 4.69) is 10.4 Å². The second-order valence-corrected chi connectivity index (χ2v) is 6.20. The number of aryl methyl sites for hydroxylation is 2. The minimum absolute atomic E-state index is 0.342. The number of halogens is 2. The maximum absolute atomic E-state index is 14.4. The molecule has 0 amide bonds. The van der Waals surface area contributed by atoms with Gasteiger partial charge in [0.2, 0.25) is 0 Å². The standard InChI is InChI=1S/C18H15ClFN3/c1-10-5-3-6-12-15-9-11(2)22-23(15)18(21-17(10)12)16-13(19)7-4-8-14(16)20/h3-9,18,21H,1-2H3. The van der Waals surface area contributed by atoms with Gasteiger partial charge in [-0.15, -0.1) is 0 Å². The van der Waals surface area contributed by atoms with Gasteiger partial charge in [-0.2, -0.15) is 5.10 Å².